The quantitative estimate of drug-likeness (QED) is 0.487. The molecule has 0 heterocycles. The molecule has 2 aromatic carbocycles. The van der Waals surface area contributed by atoms with Crippen LogP contribution in [0.15, 0.2) is 36.4 Å². The van der Waals surface area contributed by atoms with E-state index in [1.807, 2.05) is 39.0 Å². The van der Waals surface area contributed by atoms with Gasteiger partial charge < -0.3 is 26.5 Å². The van der Waals surface area contributed by atoms with Gasteiger partial charge >= 0.3 is 30.9 Å². The number of urea groups is 1. The van der Waals surface area contributed by atoms with Gasteiger partial charge in [-0.15, -0.1) is 0 Å². The normalized spacial score (nSPS) is 14.1. The molecule has 3 rings (SSSR count). The maximum absolute atomic E-state index is 13.1. The number of carbonyl (C=O) groups is 3. The van der Waals surface area contributed by atoms with E-state index < -0.39 is 23.9 Å². The van der Waals surface area contributed by atoms with Crippen LogP contribution in [0, 0.1) is 26.7 Å². The zero-order valence-electron chi connectivity index (χ0n) is 20.3. The molecule has 0 radical (unpaired) electrons. The summed E-state index contributed by atoms with van der Waals surface area (Å²) >= 11 is 0. The summed E-state index contributed by atoms with van der Waals surface area (Å²) in [6.45, 7) is 5.66. The van der Waals surface area contributed by atoms with Gasteiger partial charge in [0.1, 0.15) is 6.04 Å². The van der Waals surface area contributed by atoms with Crippen molar-refractivity contribution < 1.29 is 43.8 Å². The molecule has 1 saturated carbocycles. The molecule has 8 nitrogen and oxygen atoms in total. The molecule has 0 aliphatic heterocycles. The van der Waals surface area contributed by atoms with Gasteiger partial charge in [-0.1, -0.05) is 49.1 Å². The largest absolute Gasteiger partial charge is 1.00 e. The van der Waals surface area contributed by atoms with E-state index in [1.54, 1.807) is 18.2 Å². The molecule has 1 aliphatic carbocycles. The fraction of sp³-hybridized carbons (Fsp3) is 0.400. The maximum atomic E-state index is 13.1. The van der Waals surface area contributed by atoms with E-state index in [1.165, 1.54) is 0 Å². The van der Waals surface area contributed by atoms with Crippen molar-refractivity contribution in [1.29, 1.82) is 0 Å². The van der Waals surface area contributed by atoms with Gasteiger partial charge in [-0.3, -0.25) is 4.79 Å². The van der Waals surface area contributed by atoms with Gasteiger partial charge in [0, 0.05) is 5.69 Å². The van der Waals surface area contributed by atoms with Crippen molar-refractivity contribution >= 4 is 29.3 Å². The topological polar surface area (TPSA) is 138 Å². The minimum atomic E-state index is -1.03. The zero-order chi connectivity index (χ0) is 23.3. The van der Waals surface area contributed by atoms with E-state index >= 15 is 0 Å². The fourth-order valence-electron chi connectivity index (χ4n) is 4.30. The van der Waals surface area contributed by atoms with E-state index in [4.69, 9.17) is 0 Å². The van der Waals surface area contributed by atoms with Crippen LogP contribution < -0.4 is 34.8 Å². The van der Waals surface area contributed by atoms with E-state index in [9.17, 15) is 19.5 Å². The van der Waals surface area contributed by atoms with Gasteiger partial charge in [0.25, 0.3) is 5.91 Å². The van der Waals surface area contributed by atoms with Crippen molar-refractivity contribution in [3.63, 3.8) is 0 Å². The second-order valence-electron chi connectivity index (χ2n) is 8.58. The predicted octanol–water partition coefficient (Wildman–Crippen LogP) is 1.85. The van der Waals surface area contributed by atoms with E-state index in [2.05, 4.69) is 16.0 Å². The van der Waals surface area contributed by atoms with Gasteiger partial charge in [-0.2, -0.15) is 0 Å². The van der Waals surface area contributed by atoms with E-state index in [0.717, 1.165) is 48.8 Å². The number of aryl methyl sites for hydroxylation is 3. The number of anilines is 2. The molecule has 1 aliphatic rings. The summed E-state index contributed by atoms with van der Waals surface area (Å²) in [6.07, 6.45) is 4.61. The third-order valence-electron chi connectivity index (χ3n) is 6.06. The van der Waals surface area contributed by atoms with Crippen LogP contribution in [0.5, 0.6) is 0 Å². The SMILES string of the molecule is Cc1ccc(NC(=O)Nc2c(C)cccc2C)c(C(=O)N[C@H](C(=O)O)C2CCCCC2)c1.[Li+].[OH-]. The van der Waals surface area contributed by atoms with Gasteiger partial charge in [0.05, 0.1) is 11.3 Å². The summed E-state index contributed by atoms with van der Waals surface area (Å²) in [4.78, 5) is 37.6. The molecule has 5 N–H and O–H groups in total. The van der Waals surface area contributed by atoms with Crippen molar-refractivity contribution in [3.05, 3.63) is 58.7 Å². The number of rotatable bonds is 6. The Morgan fingerprint density at radius 2 is 1.56 bits per heavy atom. The number of hydrogen-bond acceptors (Lipinski definition) is 4. The summed E-state index contributed by atoms with van der Waals surface area (Å²) in [7, 11) is 0. The summed E-state index contributed by atoms with van der Waals surface area (Å²) in [5, 5.41) is 18.0. The number of carbonyl (C=O) groups excluding carboxylic acids is 2. The average molecular weight is 461 g/mol. The number of carboxylic acid groups (broad SMARTS) is 1. The third-order valence-corrected chi connectivity index (χ3v) is 6.06. The van der Waals surface area contributed by atoms with Crippen molar-refractivity contribution in [2.75, 3.05) is 10.6 Å². The molecule has 0 spiro atoms. The summed E-state index contributed by atoms with van der Waals surface area (Å²) < 4.78 is 0. The fourth-order valence-corrected chi connectivity index (χ4v) is 4.30. The molecule has 178 valence electrons. The van der Waals surface area contributed by atoms with Gasteiger partial charge in [0.15, 0.2) is 0 Å². The van der Waals surface area contributed by atoms with Crippen molar-refractivity contribution in [1.82, 2.24) is 5.32 Å². The second kappa shape index (κ2) is 13.2. The Bertz CT molecular complexity index is 1000. The average Bonchev–Trinajstić information content (AvgIpc) is 2.76. The molecule has 9 heteroatoms. The molecular formula is C25H32LiN3O5. The second-order valence-corrected chi connectivity index (χ2v) is 8.58. The monoisotopic (exact) mass is 461 g/mol. The first kappa shape index (κ1) is 29.2. The Morgan fingerprint density at radius 1 is 0.941 bits per heavy atom. The molecular weight excluding hydrogens is 429 g/mol. The number of para-hydroxylation sites is 1. The number of hydrogen-bond donors (Lipinski definition) is 4. The molecule has 0 aromatic heterocycles. The third kappa shape index (κ3) is 7.36. The molecule has 0 saturated heterocycles. The number of benzene rings is 2. The summed E-state index contributed by atoms with van der Waals surface area (Å²) in [5.74, 6) is -1.62. The van der Waals surface area contributed by atoms with Crippen LogP contribution in [0.3, 0.4) is 0 Å². The smallest absolute Gasteiger partial charge is 0.870 e. The minimum absolute atomic E-state index is 0. The Hall–Kier alpha value is -2.79. The molecule has 0 unspecified atom stereocenters. The molecule has 1 atom stereocenters. The molecule has 0 bridgehead atoms. The number of nitrogens with one attached hydrogen (secondary N) is 3. The van der Waals surface area contributed by atoms with Crippen LogP contribution in [0.2, 0.25) is 0 Å². The molecule has 1 fully saturated rings. The van der Waals surface area contributed by atoms with Crippen LogP contribution in [0.1, 0.15) is 59.2 Å². The summed E-state index contributed by atoms with van der Waals surface area (Å²) in [6, 6.07) is 9.43. The molecule has 3 amide bonds. The Morgan fingerprint density at radius 3 is 2.15 bits per heavy atom. The van der Waals surface area contributed by atoms with Crippen LogP contribution >= 0.6 is 0 Å². The number of amides is 3. The van der Waals surface area contributed by atoms with Gasteiger partial charge in [-0.25, -0.2) is 9.59 Å². The van der Waals surface area contributed by atoms with Crippen molar-refractivity contribution in [2.45, 2.75) is 58.9 Å². The number of carboxylic acids is 1. The van der Waals surface area contributed by atoms with Crippen LogP contribution in [0.25, 0.3) is 0 Å². The standard InChI is InChI=1S/C25H31N3O4.Li.H2O/c1-15-12-13-20(26-25(32)28-21-16(2)8-7-9-17(21)3)19(14-15)23(29)27-22(24(30)31)18-10-5-4-6-11-18;;/h7-9,12-14,18,22H,4-6,10-11H2,1-3H3,(H,27,29)(H,30,31)(H2,26,28,32);;1H2/q;+1;/p-1/t22-;;/m0../s1. The first-order valence-electron chi connectivity index (χ1n) is 11.0. The first-order valence-corrected chi connectivity index (χ1v) is 11.0. The van der Waals surface area contributed by atoms with Gasteiger partial charge in [0.2, 0.25) is 0 Å². The molecule has 34 heavy (non-hydrogen) atoms. The van der Waals surface area contributed by atoms with E-state index in [0.29, 0.717) is 11.4 Å². The Kier molecular flexibility index (Phi) is 11.3. The zero-order valence-corrected chi connectivity index (χ0v) is 20.3. The van der Waals surface area contributed by atoms with Crippen LogP contribution in [-0.2, 0) is 4.79 Å². The van der Waals surface area contributed by atoms with Gasteiger partial charge in [-0.05, 0) is 62.8 Å². The molecule has 2 aromatic rings. The van der Waals surface area contributed by atoms with E-state index in [-0.39, 0.29) is 35.8 Å². The van der Waals surface area contributed by atoms with Crippen molar-refractivity contribution in [3.8, 4) is 0 Å². The van der Waals surface area contributed by atoms with Crippen LogP contribution in [0.4, 0.5) is 16.2 Å². The number of aliphatic carboxylic acids is 1. The maximum Gasteiger partial charge on any atom is 1.00 e. The first-order chi connectivity index (χ1) is 15.3. The van der Waals surface area contributed by atoms with Crippen LogP contribution in [-0.4, -0.2) is 34.5 Å². The predicted molar refractivity (Wildman–Crippen MR) is 127 cm³/mol. The Balaban J connectivity index is 0.00000289. The summed E-state index contributed by atoms with van der Waals surface area (Å²) in [5.41, 5.74) is 3.97. The Labute approximate surface area is 212 Å². The minimum Gasteiger partial charge on any atom is -0.870 e. The van der Waals surface area contributed by atoms with Crippen molar-refractivity contribution in [2.24, 2.45) is 5.92 Å².